The summed E-state index contributed by atoms with van der Waals surface area (Å²) in [6.07, 6.45) is -0.881. The lowest BCUT2D eigenvalue weighted by molar-refractivity contribution is -0.384. The Labute approximate surface area is 96.0 Å². The maximum atomic E-state index is 11.1. The van der Waals surface area contributed by atoms with Crippen LogP contribution in [0, 0.1) is 10.1 Å². The van der Waals surface area contributed by atoms with E-state index in [0.29, 0.717) is 6.61 Å². The fourth-order valence-electron chi connectivity index (χ4n) is 1.09. The van der Waals surface area contributed by atoms with Gasteiger partial charge in [-0.25, -0.2) is 4.79 Å². The number of benzene rings is 1. The first-order chi connectivity index (χ1) is 8.15. The average molecular weight is 239 g/mol. The molecule has 0 bridgehead atoms. The zero-order valence-corrected chi connectivity index (χ0v) is 8.70. The number of ether oxygens (including phenoxy) is 3. The maximum Gasteiger partial charge on any atom is 0.513 e. The predicted octanol–water partition coefficient (Wildman–Crippen LogP) is 1.51. The normalized spacial score (nSPS) is 17.3. The van der Waals surface area contributed by atoms with Gasteiger partial charge < -0.3 is 14.2 Å². The van der Waals surface area contributed by atoms with Gasteiger partial charge in [-0.1, -0.05) is 0 Å². The van der Waals surface area contributed by atoms with Crippen molar-refractivity contribution in [2.75, 3.05) is 13.2 Å². The number of carbonyl (C=O) groups is 1. The summed E-state index contributed by atoms with van der Waals surface area (Å²) in [5, 5.41) is 10.4. The third-order valence-electron chi connectivity index (χ3n) is 2.04. The summed E-state index contributed by atoms with van der Waals surface area (Å²) in [6, 6.07) is 5.14. The molecule has 1 atom stereocenters. The quantitative estimate of drug-likeness (QED) is 0.260. The third-order valence-corrected chi connectivity index (χ3v) is 2.04. The van der Waals surface area contributed by atoms with Crippen LogP contribution in [0.2, 0.25) is 0 Å². The van der Waals surface area contributed by atoms with Crippen LogP contribution in [0.4, 0.5) is 10.5 Å². The number of nitrogens with zero attached hydrogens (tertiary/aromatic N) is 1. The number of epoxide rings is 1. The van der Waals surface area contributed by atoms with Crippen LogP contribution in [0.25, 0.3) is 0 Å². The molecule has 0 aromatic heterocycles. The SMILES string of the molecule is O=C(OCC1CO1)Oc1ccc([N+](=O)[O-])cc1. The van der Waals surface area contributed by atoms with Crippen LogP contribution in [0.5, 0.6) is 5.75 Å². The molecule has 0 radical (unpaired) electrons. The molecule has 0 aliphatic carbocycles. The molecule has 0 N–H and O–H groups in total. The Morgan fingerprint density at radius 1 is 1.47 bits per heavy atom. The summed E-state index contributed by atoms with van der Waals surface area (Å²) >= 11 is 0. The molecule has 1 heterocycles. The molecule has 1 unspecified atom stereocenters. The number of rotatable bonds is 4. The van der Waals surface area contributed by atoms with Gasteiger partial charge in [0.1, 0.15) is 18.5 Å². The standard InChI is InChI=1S/C10H9NO6/c12-10(16-6-9-5-15-9)17-8-3-1-7(2-4-8)11(13)14/h1-4,9H,5-6H2. The minimum atomic E-state index is -0.852. The van der Waals surface area contributed by atoms with Crippen molar-refractivity contribution >= 4 is 11.8 Å². The van der Waals surface area contributed by atoms with Gasteiger partial charge >= 0.3 is 6.16 Å². The van der Waals surface area contributed by atoms with Gasteiger partial charge in [-0.15, -0.1) is 0 Å². The second kappa shape index (κ2) is 4.79. The molecule has 1 saturated heterocycles. The topological polar surface area (TPSA) is 91.2 Å². The van der Waals surface area contributed by atoms with Crippen LogP contribution in [0.3, 0.4) is 0 Å². The van der Waals surface area contributed by atoms with E-state index in [-0.39, 0.29) is 24.1 Å². The van der Waals surface area contributed by atoms with Crippen molar-refractivity contribution in [2.24, 2.45) is 0 Å². The van der Waals surface area contributed by atoms with Crippen LogP contribution in [0.1, 0.15) is 0 Å². The number of nitro groups is 1. The van der Waals surface area contributed by atoms with E-state index in [9.17, 15) is 14.9 Å². The molecule has 7 nitrogen and oxygen atoms in total. The van der Waals surface area contributed by atoms with Gasteiger partial charge in [0, 0.05) is 12.1 Å². The van der Waals surface area contributed by atoms with Crippen LogP contribution < -0.4 is 4.74 Å². The van der Waals surface area contributed by atoms with Crippen molar-refractivity contribution in [3.05, 3.63) is 34.4 Å². The maximum absolute atomic E-state index is 11.1. The summed E-state index contributed by atoms with van der Waals surface area (Å²) in [5.74, 6) is 0.192. The number of nitro benzene ring substituents is 1. The van der Waals surface area contributed by atoms with Gasteiger partial charge in [-0.05, 0) is 12.1 Å². The monoisotopic (exact) mass is 239 g/mol. The Morgan fingerprint density at radius 2 is 2.12 bits per heavy atom. The highest BCUT2D eigenvalue weighted by Crippen LogP contribution is 2.18. The third kappa shape index (κ3) is 3.42. The van der Waals surface area contributed by atoms with Gasteiger partial charge in [0.2, 0.25) is 0 Å². The molecule has 7 heteroatoms. The van der Waals surface area contributed by atoms with Gasteiger partial charge in [-0.3, -0.25) is 10.1 Å². The summed E-state index contributed by atoms with van der Waals surface area (Å²) < 4.78 is 14.4. The zero-order valence-electron chi connectivity index (χ0n) is 8.70. The van der Waals surface area contributed by atoms with Crippen LogP contribution in [0.15, 0.2) is 24.3 Å². The van der Waals surface area contributed by atoms with Crippen molar-refractivity contribution in [3.63, 3.8) is 0 Å². The lowest BCUT2D eigenvalue weighted by atomic mass is 10.3. The number of hydrogen-bond acceptors (Lipinski definition) is 6. The largest absolute Gasteiger partial charge is 0.513 e. The van der Waals surface area contributed by atoms with E-state index < -0.39 is 11.1 Å². The molecule has 0 saturated carbocycles. The van der Waals surface area contributed by atoms with Gasteiger partial charge in [-0.2, -0.15) is 0 Å². The number of hydrogen-bond donors (Lipinski definition) is 0. The van der Waals surface area contributed by atoms with Crippen molar-refractivity contribution in [2.45, 2.75) is 6.10 Å². The average Bonchev–Trinajstić information content (AvgIpc) is 3.11. The summed E-state index contributed by atoms with van der Waals surface area (Å²) in [7, 11) is 0. The molecule has 1 aromatic carbocycles. The van der Waals surface area contributed by atoms with Gasteiger partial charge in [0.25, 0.3) is 5.69 Å². The fraction of sp³-hybridized carbons (Fsp3) is 0.300. The van der Waals surface area contributed by atoms with E-state index in [4.69, 9.17) is 14.2 Å². The van der Waals surface area contributed by atoms with Crippen LogP contribution in [-0.4, -0.2) is 30.4 Å². The molecule has 1 aromatic rings. The Hall–Kier alpha value is -2.15. The fourth-order valence-corrected chi connectivity index (χ4v) is 1.09. The van der Waals surface area contributed by atoms with E-state index >= 15 is 0 Å². The second-order valence-corrected chi connectivity index (χ2v) is 3.37. The highest BCUT2D eigenvalue weighted by atomic mass is 16.7. The smallest absolute Gasteiger partial charge is 0.431 e. The number of non-ortho nitro benzene ring substituents is 1. The van der Waals surface area contributed by atoms with E-state index in [1.165, 1.54) is 24.3 Å². The highest BCUT2D eigenvalue weighted by Gasteiger charge is 2.24. The highest BCUT2D eigenvalue weighted by molar-refractivity contribution is 5.64. The van der Waals surface area contributed by atoms with Crippen LogP contribution >= 0.6 is 0 Å². The molecule has 1 aliphatic rings. The lowest BCUT2D eigenvalue weighted by Gasteiger charge is -2.03. The Bertz CT molecular complexity index is 425. The van der Waals surface area contributed by atoms with Crippen molar-refractivity contribution in [1.29, 1.82) is 0 Å². The predicted molar refractivity (Wildman–Crippen MR) is 54.8 cm³/mol. The van der Waals surface area contributed by atoms with E-state index in [1.807, 2.05) is 0 Å². The first kappa shape index (κ1) is 11.3. The Balaban J connectivity index is 1.84. The second-order valence-electron chi connectivity index (χ2n) is 3.37. The molecule has 1 aliphatic heterocycles. The van der Waals surface area contributed by atoms with Crippen molar-refractivity contribution < 1.29 is 23.9 Å². The molecule has 90 valence electrons. The lowest BCUT2D eigenvalue weighted by Crippen LogP contribution is -2.14. The molecular formula is C10H9NO6. The zero-order chi connectivity index (χ0) is 12.3. The molecular weight excluding hydrogens is 230 g/mol. The molecule has 17 heavy (non-hydrogen) atoms. The molecule has 0 spiro atoms. The van der Waals surface area contributed by atoms with Crippen molar-refractivity contribution in [3.8, 4) is 5.75 Å². The Morgan fingerprint density at radius 3 is 2.65 bits per heavy atom. The summed E-state index contributed by atoms with van der Waals surface area (Å²) in [6.45, 7) is 0.747. The van der Waals surface area contributed by atoms with E-state index in [2.05, 4.69) is 0 Å². The Kier molecular flexibility index (Phi) is 3.20. The van der Waals surface area contributed by atoms with E-state index in [0.717, 1.165) is 0 Å². The first-order valence-electron chi connectivity index (χ1n) is 4.86. The minimum Gasteiger partial charge on any atom is -0.431 e. The van der Waals surface area contributed by atoms with Crippen molar-refractivity contribution in [1.82, 2.24) is 0 Å². The van der Waals surface area contributed by atoms with Gasteiger partial charge in [0.15, 0.2) is 0 Å². The number of carbonyl (C=O) groups excluding carboxylic acids is 1. The molecule has 0 amide bonds. The summed E-state index contributed by atoms with van der Waals surface area (Å²) in [5.41, 5.74) is -0.0721. The van der Waals surface area contributed by atoms with E-state index in [1.54, 1.807) is 0 Å². The first-order valence-corrected chi connectivity index (χ1v) is 4.86. The minimum absolute atomic E-state index is 0.0283. The van der Waals surface area contributed by atoms with Gasteiger partial charge in [0.05, 0.1) is 11.5 Å². The molecule has 1 fully saturated rings. The van der Waals surface area contributed by atoms with Crippen LogP contribution in [-0.2, 0) is 9.47 Å². The molecule has 2 rings (SSSR count). The summed E-state index contributed by atoms with van der Waals surface area (Å²) in [4.78, 5) is 21.0.